The van der Waals surface area contributed by atoms with Crippen molar-refractivity contribution in [1.82, 2.24) is 4.98 Å². The molecule has 0 aliphatic rings. The number of thiazole rings is 1. The van der Waals surface area contributed by atoms with Crippen LogP contribution in [-0.2, 0) is 13.0 Å². The van der Waals surface area contributed by atoms with E-state index in [0.717, 1.165) is 16.3 Å². The van der Waals surface area contributed by atoms with Crippen molar-refractivity contribution in [3.63, 3.8) is 0 Å². The molecule has 1 aromatic heterocycles. The number of hydrogen-bond acceptors (Lipinski definition) is 3. The number of rotatable bonds is 4. The summed E-state index contributed by atoms with van der Waals surface area (Å²) in [5.41, 5.74) is 0.692. The lowest BCUT2D eigenvalue weighted by Gasteiger charge is -2.06. The maximum absolute atomic E-state index is 13.2. The van der Waals surface area contributed by atoms with Gasteiger partial charge in [0.05, 0.1) is 21.6 Å². The molecule has 96 valence electrons. The summed E-state index contributed by atoms with van der Waals surface area (Å²) in [7, 11) is 0. The molecule has 0 unspecified atom stereocenters. The van der Waals surface area contributed by atoms with Gasteiger partial charge in [-0.25, -0.2) is 9.37 Å². The lowest BCUT2D eigenvalue weighted by atomic mass is 10.3. The maximum Gasteiger partial charge on any atom is 0.160 e. The second-order valence-corrected chi connectivity index (χ2v) is 5.70. The van der Waals surface area contributed by atoms with Gasteiger partial charge in [0, 0.05) is 16.8 Å². The third kappa shape index (κ3) is 3.13. The first-order valence-corrected chi connectivity index (χ1v) is 6.99. The maximum atomic E-state index is 13.2. The fourth-order valence-corrected chi connectivity index (χ4v) is 2.73. The van der Waals surface area contributed by atoms with Gasteiger partial charge in [-0.05, 0) is 18.6 Å². The van der Waals surface area contributed by atoms with Gasteiger partial charge < -0.3 is 5.32 Å². The van der Waals surface area contributed by atoms with Crippen molar-refractivity contribution in [3.05, 3.63) is 44.1 Å². The summed E-state index contributed by atoms with van der Waals surface area (Å²) in [4.78, 5) is 5.38. The van der Waals surface area contributed by atoms with Gasteiger partial charge in [-0.3, -0.25) is 0 Å². The largest absolute Gasteiger partial charge is 0.380 e. The van der Waals surface area contributed by atoms with E-state index in [2.05, 4.69) is 17.2 Å². The number of aromatic nitrogens is 1. The van der Waals surface area contributed by atoms with E-state index in [9.17, 15) is 4.39 Å². The summed E-state index contributed by atoms with van der Waals surface area (Å²) in [6, 6.07) is 3.04. The number of nitrogens with zero attached hydrogens (tertiary/aromatic N) is 1. The normalized spacial score (nSPS) is 10.7. The number of aryl methyl sites for hydroxylation is 1. The third-order valence-electron chi connectivity index (χ3n) is 2.35. The molecule has 2 rings (SSSR count). The minimum absolute atomic E-state index is 0.0172. The number of nitrogens with one attached hydrogen (secondary N) is 1. The van der Waals surface area contributed by atoms with Crippen molar-refractivity contribution < 1.29 is 4.39 Å². The number of benzene rings is 1. The Morgan fingerprint density at radius 3 is 2.56 bits per heavy atom. The van der Waals surface area contributed by atoms with E-state index in [1.54, 1.807) is 11.3 Å². The Bertz CT molecular complexity index is 534. The molecule has 1 N–H and O–H groups in total. The van der Waals surface area contributed by atoms with Gasteiger partial charge in [-0.1, -0.05) is 30.1 Å². The fraction of sp³-hybridized carbons (Fsp3) is 0.250. The molecule has 18 heavy (non-hydrogen) atoms. The molecular weight excluding hydrogens is 294 g/mol. The molecule has 0 amide bonds. The number of hydrogen-bond donors (Lipinski definition) is 1. The van der Waals surface area contributed by atoms with Crippen LogP contribution < -0.4 is 5.32 Å². The van der Waals surface area contributed by atoms with Crippen molar-refractivity contribution in [2.24, 2.45) is 0 Å². The number of anilines is 1. The van der Waals surface area contributed by atoms with Crippen LogP contribution in [0.4, 0.5) is 10.1 Å². The van der Waals surface area contributed by atoms with Gasteiger partial charge in [-0.15, -0.1) is 11.3 Å². The third-order valence-corrected chi connectivity index (χ3v) is 4.05. The predicted octanol–water partition coefficient (Wildman–Crippen LogP) is 4.76. The Morgan fingerprint density at radius 1 is 1.33 bits per heavy atom. The van der Waals surface area contributed by atoms with E-state index in [1.165, 1.54) is 12.1 Å². The molecule has 2 aromatic rings. The van der Waals surface area contributed by atoms with Crippen LogP contribution in [0.2, 0.25) is 10.0 Å². The van der Waals surface area contributed by atoms with E-state index in [-0.39, 0.29) is 10.0 Å². The van der Waals surface area contributed by atoms with Crippen LogP contribution in [0, 0.1) is 5.82 Å². The van der Waals surface area contributed by atoms with E-state index in [0.29, 0.717) is 12.2 Å². The van der Waals surface area contributed by atoms with E-state index in [1.807, 2.05) is 6.20 Å². The smallest absolute Gasteiger partial charge is 0.160 e. The zero-order valence-electron chi connectivity index (χ0n) is 9.64. The molecule has 0 atom stereocenters. The van der Waals surface area contributed by atoms with Crippen LogP contribution in [-0.4, -0.2) is 4.98 Å². The standard InChI is InChI=1S/C12H11Cl2FN2S/c1-2-11-17-6-8(18-11)5-16-7-3-9(13)12(15)10(14)4-7/h3-4,6,16H,2,5H2,1H3. The molecule has 0 aliphatic carbocycles. The van der Waals surface area contributed by atoms with Gasteiger partial charge >= 0.3 is 0 Å². The van der Waals surface area contributed by atoms with Crippen LogP contribution >= 0.6 is 34.5 Å². The van der Waals surface area contributed by atoms with Crippen LogP contribution in [0.15, 0.2) is 18.3 Å². The summed E-state index contributed by atoms with van der Waals surface area (Å²) in [6.07, 6.45) is 2.77. The van der Waals surface area contributed by atoms with Crippen molar-refractivity contribution in [3.8, 4) is 0 Å². The van der Waals surface area contributed by atoms with Crippen LogP contribution in [0.3, 0.4) is 0 Å². The number of halogens is 3. The molecular formula is C12H11Cl2FN2S. The monoisotopic (exact) mass is 304 g/mol. The highest BCUT2D eigenvalue weighted by Crippen LogP contribution is 2.27. The highest BCUT2D eigenvalue weighted by Gasteiger charge is 2.07. The first-order chi connectivity index (χ1) is 8.60. The molecule has 0 bridgehead atoms. The SMILES string of the molecule is CCc1ncc(CNc2cc(Cl)c(F)c(Cl)c2)s1. The molecule has 1 aromatic carbocycles. The lowest BCUT2D eigenvalue weighted by Crippen LogP contribution is -1.98. The molecule has 0 saturated carbocycles. The average molecular weight is 305 g/mol. The van der Waals surface area contributed by atoms with E-state index < -0.39 is 5.82 Å². The van der Waals surface area contributed by atoms with Crippen molar-refractivity contribution in [2.45, 2.75) is 19.9 Å². The van der Waals surface area contributed by atoms with Crippen LogP contribution in [0.25, 0.3) is 0 Å². The first-order valence-electron chi connectivity index (χ1n) is 5.42. The van der Waals surface area contributed by atoms with Crippen LogP contribution in [0.5, 0.6) is 0 Å². The fourth-order valence-electron chi connectivity index (χ4n) is 1.44. The average Bonchev–Trinajstić information content (AvgIpc) is 2.81. The Morgan fingerprint density at radius 2 is 2.00 bits per heavy atom. The molecule has 0 fully saturated rings. The van der Waals surface area contributed by atoms with E-state index in [4.69, 9.17) is 23.2 Å². The predicted molar refractivity (Wildman–Crippen MR) is 75.2 cm³/mol. The zero-order valence-corrected chi connectivity index (χ0v) is 12.0. The van der Waals surface area contributed by atoms with E-state index >= 15 is 0 Å². The molecule has 6 heteroatoms. The minimum atomic E-state index is -0.588. The summed E-state index contributed by atoms with van der Waals surface area (Å²) in [5, 5.41) is 4.28. The molecule has 0 radical (unpaired) electrons. The molecule has 1 heterocycles. The van der Waals surface area contributed by atoms with Crippen molar-refractivity contribution in [1.29, 1.82) is 0 Å². The Labute approximate surface area is 119 Å². The zero-order chi connectivity index (χ0) is 13.1. The second-order valence-electron chi connectivity index (χ2n) is 3.68. The Balaban J connectivity index is 2.06. The second kappa shape index (κ2) is 5.87. The summed E-state index contributed by atoms with van der Waals surface area (Å²) < 4.78 is 13.2. The summed E-state index contributed by atoms with van der Waals surface area (Å²) in [6.45, 7) is 2.69. The molecule has 0 saturated heterocycles. The van der Waals surface area contributed by atoms with Gasteiger partial charge in [0.15, 0.2) is 5.82 Å². The highest BCUT2D eigenvalue weighted by molar-refractivity contribution is 7.11. The summed E-state index contributed by atoms with van der Waals surface area (Å²) in [5.74, 6) is -0.588. The Hall–Kier alpha value is -0.840. The minimum Gasteiger partial charge on any atom is -0.380 e. The van der Waals surface area contributed by atoms with Crippen LogP contribution in [0.1, 0.15) is 16.8 Å². The first kappa shape index (κ1) is 13.6. The quantitative estimate of drug-likeness (QED) is 0.824. The van der Waals surface area contributed by atoms with Gasteiger partial charge in [0.25, 0.3) is 0 Å². The summed E-state index contributed by atoms with van der Waals surface area (Å²) >= 11 is 13.1. The van der Waals surface area contributed by atoms with Crippen molar-refractivity contribution in [2.75, 3.05) is 5.32 Å². The van der Waals surface area contributed by atoms with Crippen molar-refractivity contribution >= 4 is 40.2 Å². The molecule has 0 aliphatic heterocycles. The lowest BCUT2D eigenvalue weighted by molar-refractivity contribution is 0.629. The Kier molecular flexibility index (Phi) is 4.43. The van der Waals surface area contributed by atoms with Gasteiger partial charge in [0.1, 0.15) is 0 Å². The topological polar surface area (TPSA) is 24.9 Å². The molecule has 0 spiro atoms. The van der Waals surface area contributed by atoms with Gasteiger partial charge in [0.2, 0.25) is 0 Å². The highest BCUT2D eigenvalue weighted by atomic mass is 35.5. The molecule has 2 nitrogen and oxygen atoms in total. The van der Waals surface area contributed by atoms with Gasteiger partial charge in [-0.2, -0.15) is 0 Å².